The number of carboxylic acid groups (broad SMARTS) is 1. The molecule has 1 unspecified atom stereocenters. The third-order valence-electron chi connectivity index (χ3n) is 2.76. The Bertz CT molecular complexity index is 456. The lowest BCUT2D eigenvalue weighted by molar-refractivity contribution is -0.141. The second kappa shape index (κ2) is 6.77. The molecule has 0 saturated heterocycles. The van der Waals surface area contributed by atoms with Crippen molar-refractivity contribution in [3.63, 3.8) is 0 Å². The van der Waals surface area contributed by atoms with Crippen LogP contribution in [0.15, 0.2) is 6.20 Å². The first-order valence-corrected chi connectivity index (χ1v) is 6.22. The number of aryl methyl sites for hydroxylation is 2. The molecule has 1 aromatic heterocycles. The van der Waals surface area contributed by atoms with E-state index in [0.29, 0.717) is 17.8 Å². The van der Waals surface area contributed by atoms with Crippen LogP contribution >= 0.6 is 0 Å². The summed E-state index contributed by atoms with van der Waals surface area (Å²) in [4.78, 5) is 22.6. The number of carbonyl (C=O) groups is 2. The Hall–Kier alpha value is -2.05. The van der Waals surface area contributed by atoms with Gasteiger partial charge in [0.2, 0.25) is 0 Å². The lowest BCUT2D eigenvalue weighted by atomic mass is 10.0. The maximum atomic E-state index is 11.7. The zero-order valence-electron chi connectivity index (χ0n) is 11.4. The zero-order valence-corrected chi connectivity index (χ0v) is 11.4. The highest BCUT2D eigenvalue weighted by Gasteiger charge is 2.17. The molecule has 1 heterocycles. The van der Waals surface area contributed by atoms with Gasteiger partial charge in [0.05, 0.1) is 17.3 Å². The van der Waals surface area contributed by atoms with Crippen molar-refractivity contribution >= 4 is 17.7 Å². The van der Waals surface area contributed by atoms with Crippen LogP contribution in [0, 0.1) is 12.8 Å². The minimum Gasteiger partial charge on any atom is -0.481 e. The summed E-state index contributed by atoms with van der Waals surface area (Å²) < 4.78 is 1.60. The molecule has 0 fully saturated rings. The maximum Gasteiger partial charge on any atom is 0.319 e. The van der Waals surface area contributed by atoms with Crippen LogP contribution in [0.1, 0.15) is 25.5 Å². The van der Waals surface area contributed by atoms with E-state index < -0.39 is 17.9 Å². The molecule has 19 heavy (non-hydrogen) atoms. The minimum absolute atomic E-state index is 0.119. The normalized spacial score (nSPS) is 11.9. The molecule has 1 aromatic rings. The number of carbonyl (C=O) groups excluding carboxylic acids is 1. The Labute approximate surface area is 112 Å². The average Bonchev–Trinajstić information content (AvgIpc) is 2.62. The summed E-state index contributed by atoms with van der Waals surface area (Å²) in [5, 5.41) is 18.3. The Morgan fingerprint density at radius 1 is 1.53 bits per heavy atom. The van der Waals surface area contributed by atoms with Crippen molar-refractivity contribution in [2.75, 3.05) is 11.9 Å². The monoisotopic (exact) mass is 268 g/mol. The SMILES string of the molecule is CCCC(CNC(=O)Nc1cn(C)nc1C)C(=O)O. The molecule has 2 amide bonds. The first-order valence-electron chi connectivity index (χ1n) is 6.22. The van der Waals surface area contributed by atoms with E-state index in [1.54, 1.807) is 24.9 Å². The number of anilines is 1. The van der Waals surface area contributed by atoms with Crippen LogP contribution in [0.3, 0.4) is 0 Å². The molecule has 106 valence electrons. The summed E-state index contributed by atoms with van der Waals surface area (Å²) in [6, 6.07) is -0.418. The maximum absolute atomic E-state index is 11.7. The molecule has 0 saturated carbocycles. The lowest BCUT2D eigenvalue weighted by Gasteiger charge is -2.12. The van der Waals surface area contributed by atoms with Gasteiger partial charge in [-0.05, 0) is 13.3 Å². The summed E-state index contributed by atoms with van der Waals surface area (Å²) in [5.41, 5.74) is 1.32. The largest absolute Gasteiger partial charge is 0.481 e. The van der Waals surface area contributed by atoms with Crippen molar-refractivity contribution in [3.8, 4) is 0 Å². The van der Waals surface area contributed by atoms with Crippen LogP contribution in [-0.4, -0.2) is 33.4 Å². The smallest absolute Gasteiger partial charge is 0.319 e. The molecular weight excluding hydrogens is 248 g/mol. The highest BCUT2D eigenvalue weighted by atomic mass is 16.4. The first kappa shape index (κ1) is 15.0. The van der Waals surface area contributed by atoms with E-state index in [2.05, 4.69) is 15.7 Å². The van der Waals surface area contributed by atoms with Gasteiger partial charge in [-0.1, -0.05) is 13.3 Å². The summed E-state index contributed by atoms with van der Waals surface area (Å²) in [6.07, 6.45) is 3.00. The predicted molar refractivity (Wildman–Crippen MR) is 71.0 cm³/mol. The van der Waals surface area contributed by atoms with E-state index in [9.17, 15) is 9.59 Å². The number of rotatable bonds is 6. The van der Waals surface area contributed by atoms with Gasteiger partial charge in [-0.3, -0.25) is 9.48 Å². The number of urea groups is 1. The number of hydrogen-bond acceptors (Lipinski definition) is 3. The summed E-state index contributed by atoms with van der Waals surface area (Å²) in [5.74, 6) is -1.44. The minimum atomic E-state index is -0.889. The van der Waals surface area contributed by atoms with E-state index >= 15 is 0 Å². The number of hydrogen-bond donors (Lipinski definition) is 3. The summed E-state index contributed by atoms with van der Waals surface area (Å²) in [6.45, 7) is 3.82. The zero-order chi connectivity index (χ0) is 14.4. The van der Waals surface area contributed by atoms with Gasteiger partial charge in [0.25, 0.3) is 0 Å². The highest BCUT2D eigenvalue weighted by molar-refractivity contribution is 5.89. The summed E-state index contributed by atoms with van der Waals surface area (Å²) >= 11 is 0. The van der Waals surface area contributed by atoms with E-state index in [4.69, 9.17) is 5.11 Å². The standard InChI is InChI=1S/C12H20N4O3/c1-4-5-9(11(17)18)6-13-12(19)14-10-7-16(3)15-8(10)2/h7,9H,4-6H2,1-3H3,(H,17,18)(H2,13,14,19). The number of amides is 2. The molecule has 0 aliphatic heterocycles. The van der Waals surface area contributed by atoms with Gasteiger partial charge in [-0.25, -0.2) is 4.79 Å². The number of nitrogens with zero attached hydrogens (tertiary/aromatic N) is 2. The molecular formula is C12H20N4O3. The van der Waals surface area contributed by atoms with Crippen molar-refractivity contribution < 1.29 is 14.7 Å². The number of carboxylic acids is 1. The average molecular weight is 268 g/mol. The van der Waals surface area contributed by atoms with Gasteiger partial charge in [-0.15, -0.1) is 0 Å². The van der Waals surface area contributed by atoms with Crippen LogP contribution in [0.4, 0.5) is 10.5 Å². The van der Waals surface area contributed by atoms with Crippen molar-refractivity contribution in [1.82, 2.24) is 15.1 Å². The quantitative estimate of drug-likeness (QED) is 0.725. The van der Waals surface area contributed by atoms with E-state index in [0.717, 1.165) is 6.42 Å². The topological polar surface area (TPSA) is 96.3 Å². The Kier molecular flexibility index (Phi) is 5.35. The molecule has 0 spiro atoms. The molecule has 0 aliphatic rings. The fraction of sp³-hybridized carbons (Fsp3) is 0.583. The van der Waals surface area contributed by atoms with Gasteiger partial charge in [0.1, 0.15) is 0 Å². The van der Waals surface area contributed by atoms with Crippen molar-refractivity contribution in [3.05, 3.63) is 11.9 Å². The Morgan fingerprint density at radius 3 is 2.68 bits per heavy atom. The highest BCUT2D eigenvalue weighted by Crippen LogP contribution is 2.11. The van der Waals surface area contributed by atoms with E-state index in [1.807, 2.05) is 6.92 Å². The molecule has 1 atom stereocenters. The Morgan fingerprint density at radius 2 is 2.21 bits per heavy atom. The van der Waals surface area contributed by atoms with E-state index in [1.165, 1.54) is 0 Å². The van der Waals surface area contributed by atoms with Gasteiger partial charge in [0.15, 0.2) is 0 Å². The second-order valence-electron chi connectivity index (χ2n) is 4.46. The molecule has 3 N–H and O–H groups in total. The van der Waals surface area contributed by atoms with Crippen molar-refractivity contribution in [1.29, 1.82) is 0 Å². The molecule has 0 aromatic carbocycles. The van der Waals surface area contributed by atoms with Crippen LogP contribution in [0.2, 0.25) is 0 Å². The summed E-state index contributed by atoms with van der Waals surface area (Å²) in [7, 11) is 1.76. The predicted octanol–water partition coefficient (Wildman–Crippen LogP) is 1.35. The molecule has 7 nitrogen and oxygen atoms in total. The van der Waals surface area contributed by atoms with Crippen LogP contribution in [0.25, 0.3) is 0 Å². The Balaban J connectivity index is 2.47. The van der Waals surface area contributed by atoms with Crippen molar-refractivity contribution in [2.45, 2.75) is 26.7 Å². The molecule has 1 rings (SSSR count). The van der Waals surface area contributed by atoms with E-state index in [-0.39, 0.29) is 6.54 Å². The lowest BCUT2D eigenvalue weighted by Crippen LogP contribution is -2.35. The van der Waals surface area contributed by atoms with Crippen LogP contribution in [0.5, 0.6) is 0 Å². The third kappa shape index (κ3) is 4.61. The fourth-order valence-electron chi connectivity index (χ4n) is 1.77. The van der Waals surface area contributed by atoms with Gasteiger partial charge in [0, 0.05) is 19.8 Å². The molecule has 0 bridgehead atoms. The molecule has 7 heteroatoms. The van der Waals surface area contributed by atoms with Crippen molar-refractivity contribution in [2.24, 2.45) is 13.0 Å². The first-order chi connectivity index (χ1) is 8.93. The third-order valence-corrected chi connectivity index (χ3v) is 2.76. The number of nitrogens with one attached hydrogen (secondary N) is 2. The number of aliphatic carboxylic acids is 1. The fourth-order valence-corrected chi connectivity index (χ4v) is 1.77. The molecule has 0 radical (unpaired) electrons. The van der Waals surface area contributed by atoms with Crippen LogP contribution < -0.4 is 10.6 Å². The number of aromatic nitrogens is 2. The van der Waals surface area contributed by atoms with Gasteiger partial charge >= 0.3 is 12.0 Å². The van der Waals surface area contributed by atoms with Gasteiger partial charge in [-0.2, -0.15) is 5.10 Å². The molecule has 0 aliphatic carbocycles. The van der Waals surface area contributed by atoms with Crippen LogP contribution in [-0.2, 0) is 11.8 Å². The van der Waals surface area contributed by atoms with Gasteiger partial charge < -0.3 is 15.7 Å². The second-order valence-corrected chi connectivity index (χ2v) is 4.46.